The summed E-state index contributed by atoms with van der Waals surface area (Å²) in [6.45, 7) is 7.48. The molecule has 1 aromatic heterocycles. The lowest BCUT2D eigenvalue weighted by Crippen LogP contribution is -2.07. The molecular weight excluding hydrogens is 355 g/mol. The third kappa shape index (κ3) is 4.94. The van der Waals surface area contributed by atoms with Crippen molar-refractivity contribution in [1.29, 1.82) is 0 Å². The van der Waals surface area contributed by atoms with Crippen LogP contribution in [0.25, 0.3) is 16.2 Å². The van der Waals surface area contributed by atoms with E-state index in [9.17, 15) is 4.79 Å². The zero-order chi connectivity index (χ0) is 18.4. The summed E-state index contributed by atoms with van der Waals surface area (Å²) in [5.74, 6) is -0.313. The molecule has 0 spiro atoms. The number of unbranched alkanes of at least 4 members (excludes halogenated alkanes) is 1. The minimum atomic E-state index is -0.313. The summed E-state index contributed by atoms with van der Waals surface area (Å²) in [7, 11) is 0. The van der Waals surface area contributed by atoms with Crippen LogP contribution in [0, 0.1) is 6.92 Å². The molecule has 1 N–H and O–H groups in total. The summed E-state index contributed by atoms with van der Waals surface area (Å²) in [5, 5.41) is 3.86. The van der Waals surface area contributed by atoms with Crippen molar-refractivity contribution in [2.24, 2.45) is 0 Å². The van der Waals surface area contributed by atoms with Crippen molar-refractivity contribution in [1.82, 2.24) is 4.98 Å². The second kappa shape index (κ2) is 8.84. The monoisotopic (exact) mass is 374 g/mol. The van der Waals surface area contributed by atoms with Crippen LogP contribution < -0.4 is 5.32 Å². The Morgan fingerprint density at radius 2 is 2.08 bits per heavy atom. The number of benzene rings is 1. The molecule has 0 fully saturated rings. The molecule has 2 aromatic rings. The molecule has 0 aliphatic rings. The second-order valence-corrected chi connectivity index (χ2v) is 6.40. The van der Waals surface area contributed by atoms with Crippen molar-refractivity contribution >= 4 is 39.8 Å². The smallest absolute Gasteiger partial charge is 0.247 e. The molecule has 0 bridgehead atoms. The van der Waals surface area contributed by atoms with Gasteiger partial charge in [-0.05, 0) is 43.2 Å². The van der Waals surface area contributed by atoms with E-state index >= 15 is 0 Å². The average Bonchev–Trinajstić information content (AvgIpc) is 2.61. The van der Waals surface area contributed by atoms with Crippen LogP contribution in [0.2, 0.25) is 5.02 Å². The average molecular weight is 375 g/mol. The van der Waals surface area contributed by atoms with E-state index in [1.54, 1.807) is 12.3 Å². The molecule has 0 unspecified atom stereocenters. The van der Waals surface area contributed by atoms with E-state index in [-0.39, 0.29) is 5.91 Å². The van der Waals surface area contributed by atoms with E-state index in [0.717, 1.165) is 35.2 Å². The van der Waals surface area contributed by atoms with E-state index in [1.165, 1.54) is 6.08 Å². The number of hydrogen-bond acceptors (Lipinski definition) is 2. The number of aryl methyl sites for hydroxylation is 1. The van der Waals surface area contributed by atoms with Crippen LogP contribution >= 0.6 is 23.2 Å². The van der Waals surface area contributed by atoms with Gasteiger partial charge in [-0.3, -0.25) is 9.78 Å². The standard InChI is InChI=1S/C20H20Cl2N2O/c1-4-6-7-17(21)16-10-15(12-23-13(16)3)14-8-9-18(22)19(11-14)24-20(25)5-2/h5,7-12H,2,4,6H2,1,3H3,(H,24,25)/b17-7+. The largest absolute Gasteiger partial charge is 0.321 e. The number of pyridine rings is 1. The Bertz CT molecular complexity index is 828. The highest BCUT2D eigenvalue weighted by atomic mass is 35.5. The van der Waals surface area contributed by atoms with Crippen LogP contribution in [0.1, 0.15) is 31.0 Å². The molecular formula is C20H20Cl2N2O. The molecule has 2 rings (SSSR count). The molecule has 130 valence electrons. The van der Waals surface area contributed by atoms with Gasteiger partial charge in [-0.2, -0.15) is 0 Å². The maximum atomic E-state index is 11.5. The number of nitrogens with zero attached hydrogens (tertiary/aromatic N) is 1. The van der Waals surface area contributed by atoms with Gasteiger partial charge in [-0.1, -0.05) is 55.3 Å². The second-order valence-electron chi connectivity index (χ2n) is 5.59. The summed E-state index contributed by atoms with van der Waals surface area (Å²) < 4.78 is 0. The Labute approximate surface area is 158 Å². The first kappa shape index (κ1) is 19.2. The SMILES string of the molecule is C=CC(=O)Nc1cc(-c2cnc(C)c(/C(Cl)=C\CCC)c2)ccc1Cl. The number of rotatable bonds is 6. The number of carbonyl (C=O) groups excluding carboxylic acids is 1. The van der Waals surface area contributed by atoms with Crippen LogP contribution in [0.3, 0.4) is 0 Å². The zero-order valence-corrected chi connectivity index (χ0v) is 15.8. The molecule has 0 atom stereocenters. The molecule has 25 heavy (non-hydrogen) atoms. The summed E-state index contributed by atoms with van der Waals surface area (Å²) in [4.78, 5) is 16.0. The first-order chi connectivity index (χ1) is 12.0. The number of halogens is 2. The fraction of sp³-hybridized carbons (Fsp3) is 0.200. The van der Waals surface area contributed by atoms with Crippen molar-refractivity contribution in [3.05, 3.63) is 65.5 Å². The molecule has 1 amide bonds. The highest BCUT2D eigenvalue weighted by Gasteiger charge is 2.10. The fourth-order valence-electron chi connectivity index (χ4n) is 2.30. The predicted molar refractivity (Wildman–Crippen MR) is 107 cm³/mol. The third-order valence-electron chi connectivity index (χ3n) is 3.70. The van der Waals surface area contributed by atoms with Crippen LogP contribution in [0.5, 0.6) is 0 Å². The number of allylic oxidation sites excluding steroid dienone is 1. The highest BCUT2D eigenvalue weighted by molar-refractivity contribution is 6.48. The van der Waals surface area contributed by atoms with Crippen LogP contribution in [0.15, 0.2) is 49.2 Å². The van der Waals surface area contributed by atoms with Crippen molar-refractivity contribution < 1.29 is 4.79 Å². The molecule has 0 aliphatic heterocycles. The summed E-state index contributed by atoms with van der Waals surface area (Å²) in [5.41, 5.74) is 4.08. The molecule has 0 saturated carbocycles. The lowest BCUT2D eigenvalue weighted by Gasteiger charge is -2.11. The Balaban J connectivity index is 2.43. The van der Waals surface area contributed by atoms with Crippen molar-refractivity contribution in [2.45, 2.75) is 26.7 Å². The Hall–Kier alpha value is -2.10. The zero-order valence-electron chi connectivity index (χ0n) is 14.3. The Morgan fingerprint density at radius 1 is 1.32 bits per heavy atom. The normalized spacial score (nSPS) is 11.3. The number of hydrogen-bond donors (Lipinski definition) is 1. The van der Waals surface area contributed by atoms with Crippen LogP contribution in [-0.2, 0) is 4.79 Å². The quantitative estimate of drug-likeness (QED) is 0.610. The topological polar surface area (TPSA) is 42.0 Å². The molecule has 0 radical (unpaired) electrons. The maximum absolute atomic E-state index is 11.5. The maximum Gasteiger partial charge on any atom is 0.247 e. The van der Waals surface area contributed by atoms with E-state index in [0.29, 0.717) is 15.7 Å². The van der Waals surface area contributed by atoms with Gasteiger partial charge < -0.3 is 5.32 Å². The minimum Gasteiger partial charge on any atom is -0.321 e. The van der Waals surface area contributed by atoms with Gasteiger partial charge in [0, 0.05) is 28.0 Å². The number of anilines is 1. The summed E-state index contributed by atoms with van der Waals surface area (Å²) in [6.07, 6.45) is 6.94. The van der Waals surface area contributed by atoms with Gasteiger partial charge in [0.25, 0.3) is 0 Å². The van der Waals surface area contributed by atoms with Gasteiger partial charge >= 0.3 is 0 Å². The van der Waals surface area contributed by atoms with Crippen LogP contribution in [0.4, 0.5) is 5.69 Å². The number of aromatic nitrogens is 1. The van der Waals surface area contributed by atoms with Crippen LogP contribution in [-0.4, -0.2) is 10.9 Å². The molecule has 3 nitrogen and oxygen atoms in total. The molecule has 1 heterocycles. The third-order valence-corrected chi connectivity index (χ3v) is 4.39. The van der Waals surface area contributed by atoms with Crippen molar-refractivity contribution in [3.63, 3.8) is 0 Å². The van der Waals surface area contributed by atoms with Gasteiger partial charge in [0.15, 0.2) is 0 Å². The first-order valence-corrected chi connectivity index (χ1v) is 8.77. The van der Waals surface area contributed by atoms with Crippen molar-refractivity contribution in [2.75, 3.05) is 5.32 Å². The molecule has 5 heteroatoms. The number of nitrogens with one attached hydrogen (secondary N) is 1. The van der Waals surface area contributed by atoms with Gasteiger partial charge in [0.1, 0.15) is 0 Å². The Kier molecular flexibility index (Phi) is 6.80. The van der Waals surface area contributed by atoms with Gasteiger partial charge in [-0.15, -0.1) is 0 Å². The number of carbonyl (C=O) groups is 1. The van der Waals surface area contributed by atoms with E-state index in [4.69, 9.17) is 23.2 Å². The van der Waals surface area contributed by atoms with Gasteiger partial charge in [-0.25, -0.2) is 0 Å². The highest BCUT2D eigenvalue weighted by Crippen LogP contribution is 2.31. The van der Waals surface area contributed by atoms with Gasteiger partial charge in [0.2, 0.25) is 5.91 Å². The number of amides is 1. The predicted octanol–water partition coefficient (Wildman–Crippen LogP) is 6.21. The van der Waals surface area contributed by atoms with E-state index < -0.39 is 0 Å². The lowest BCUT2D eigenvalue weighted by molar-refractivity contribution is -0.111. The molecule has 1 aromatic carbocycles. The molecule has 0 aliphatic carbocycles. The Morgan fingerprint density at radius 3 is 2.76 bits per heavy atom. The van der Waals surface area contributed by atoms with E-state index in [2.05, 4.69) is 23.8 Å². The van der Waals surface area contributed by atoms with Gasteiger partial charge in [0.05, 0.1) is 10.7 Å². The van der Waals surface area contributed by atoms with E-state index in [1.807, 2.05) is 31.2 Å². The minimum absolute atomic E-state index is 0.313. The summed E-state index contributed by atoms with van der Waals surface area (Å²) >= 11 is 12.6. The molecule has 0 saturated heterocycles. The van der Waals surface area contributed by atoms with Crippen molar-refractivity contribution in [3.8, 4) is 11.1 Å². The fourth-order valence-corrected chi connectivity index (χ4v) is 2.76. The lowest BCUT2D eigenvalue weighted by atomic mass is 10.0. The first-order valence-electron chi connectivity index (χ1n) is 8.02. The summed E-state index contributed by atoms with van der Waals surface area (Å²) in [6, 6.07) is 7.43.